The van der Waals surface area contributed by atoms with E-state index in [-0.39, 0.29) is 5.56 Å². The summed E-state index contributed by atoms with van der Waals surface area (Å²) in [7, 11) is 0. The normalized spacial score (nSPS) is 17.9. The maximum absolute atomic E-state index is 12.7. The van der Waals surface area contributed by atoms with Gasteiger partial charge in [-0.25, -0.2) is 9.78 Å². The molecule has 3 heterocycles. The lowest BCUT2D eigenvalue weighted by Crippen LogP contribution is -2.18. The Hall–Kier alpha value is -1.99. The summed E-state index contributed by atoms with van der Waals surface area (Å²) < 4.78 is 5.50. The minimum atomic E-state index is -0.611. The van der Waals surface area contributed by atoms with Crippen molar-refractivity contribution in [2.24, 2.45) is 5.92 Å². The first-order chi connectivity index (χ1) is 12.4. The van der Waals surface area contributed by atoms with Crippen molar-refractivity contribution in [2.45, 2.75) is 46.1 Å². The molecule has 3 aromatic rings. The third kappa shape index (κ3) is 3.10. The topological polar surface area (TPSA) is 72.0 Å². The Bertz CT molecular complexity index is 1050. The van der Waals surface area contributed by atoms with Crippen molar-refractivity contribution in [3.63, 3.8) is 0 Å². The standard InChI is InChI=1S/C19H20N2O3S2/c1-9-4-6-12-14(8-9)26-18-15(12)17(22)20-16(21-18)11(3)24-19(23)13-7-5-10(2)25-13/h5,7,9,11H,4,6,8H2,1-3H3,(H,20,21,22)/t9-,11-/m1/s1. The predicted molar refractivity (Wildman–Crippen MR) is 104 cm³/mol. The molecular weight excluding hydrogens is 368 g/mol. The average Bonchev–Trinajstić information content (AvgIpc) is 3.17. The molecule has 1 aliphatic carbocycles. The van der Waals surface area contributed by atoms with Gasteiger partial charge in [0.2, 0.25) is 0 Å². The molecule has 0 aliphatic heterocycles. The van der Waals surface area contributed by atoms with Gasteiger partial charge in [0, 0.05) is 9.75 Å². The zero-order valence-corrected chi connectivity index (χ0v) is 16.6. The summed E-state index contributed by atoms with van der Waals surface area (Å²) in [6.07, 6.45) is 2.44. The van der Waals surface area contributed by atoms with Gasteiger partial charge in [0.05, 0.1) is 5.39 Å². The molecule has 0 unspecified atom stereocenters. The summed E-state index contributed by atoms with van der Waals surface area (Å²) in [4.78, 5) is 36.0. The lowest BCUT2D eigenvalue weighted by molar-refractivity contribution is 0.0326. The van der Waals surface area contributed by atoms with Crippen molar-refractivity contribution >= 4 is 38.9 Å². The number of aromatic nitrogens is 2. The maximum atomic E-state index is 12.7. The van der Waals surface area contributed by atoms with Crippen LogP contribution in [0.2, 0.25) is 0 Å². The molecule has 5 nitrogen and oxygen atoms in total. The Morgan fingerprint density at radius 2 is 2.19 bits per heavy atom. The van der Waals surface area contributed by atoms with E-state index in [2.05, 4.69) is 16.9 Å². The third-order valence-electron chi connectivity index (χ3n) is 4.79. The number of H-pyrrole nitrogens is 1. The largest absolute Gasteiger partial charge is 0.450 e. The van der Waals surface area contributed by atoms with Crippen LogP contribution < -0.4 is 5.56 Å². The Labute approximate surface area is 159 Å². The molecule has 0 spiro atoms. The van der Waals surface area contributed by atoms with Crippen LogP contribution in [0.3, 0.4) is 0 Å². The SMILES string of the molecule is Cc1ccc(C(=O)O[C@H](C)c2nc3sc4c(c3c(=O)[nH]2)CC[C@@H](C)C4)s1. The van der Waals surface area contributed by atoms with Crippen LogP contribution in [0.4, 0.5) is 0 Å². The lowest BCUT2D eigenvalue weighted by Gasteiger charge is -2.17. The quantitative estimate of drug-likeness (QED) is 0.675. The van der Waals surface area contributed by atoms with Gasteiger partial charge in [-0.05, 0) is 56.7 Å². The number of hydrogen-bond acceptors (Lipinski definition) is 6. The predicted octanol–water partition coefficient (Wildman–Crippen LogP) is 4.40. The van der Waals surface area contributed by atoms with Crippen molar-refractivity contribution in [3.8, 4) is 0 Å². The molecule has 136 valence electrons. The highest BCUT2D eigenvalue weighted by molar-refractivity contribution is 7.18. The maximum Gasteiger partial charge on any atom is 0.349 e. The van der Waals surface area contributed by atoms with E-state index >= 15 is 0 Å². The number of aromatic amines is 1. The second-order valence-electron chi connectivity index (χ2n) is 6.94. The highest BCUT2D eigenvalue weighted by Crippen LogP contribution is 2.36. The van der Waals surface area contributed by atoms with Crippen molar-refractivity contribution in [3.05, 3.63) is 48.5 Å². The minimum Gasteiger partial charge on any atom is -0.450 e. The number of hydrogen-bond donors (Lipinski definition) is 1. The number of carbonyl (C=O) groups excluding carboxylic acids is 1. The van der Waals surface area contributed by atoms with Gasteiger partial charge >= 0.3 is 5.97 Å². The van der Waals surface area contributed by atoms with Crippen LogP contribution in [0.5, 0.6) is 0 Å². The Kier molecular flexibility index (Phi) is 4.44. The summed E-state index contributed by atoms with van der Waals surface area (Å²) >= 11 is 2.99. The molecule has 0 aromatic carbocycles. The van der Waals surface area contributed by atoms with Gasteiger partial charge in [0.1, 0.15) is 9.71 Å². The molecule has 0 saturated carbocycles. The van der Waals surface area contributed by atoms with E-state index in [1.807, 2.05) is 13.0 Å². The van der Waals surface area contributed by atoms with Gasteiger partial charge in [0.15, 0.2) is 11.9 Å². The molecule has 1 N–H and O–H groups in total. The fourth-order valence-electron chi connectivity index (χ4n) is 3.38. The number of nitrogens with zero attached hydrogens (tertiary/aromatic N) is 1. The van der Waals surface area contributed by atoms with Gasteiger partial charge in [-0.15, -0.1) is 22.7 Å². The van der Waals surface area contributed by atoms with Gasteiger partial charge in [-0.1, -0.05) is 6.92 Å². The van der Waals surface area contributed by atoms with E-state index in [4.69, 9.17) is 4.74 Å². The lowest BCUT2D eigenvalue weighted by atomic mass is 9.89. The summed E-state index contributed by atoms with van der Waals surface area (Å²) in [6.45, 7) is 5.92. The monoisotopic (exact) mass is 388 g/mol. The summed E-state index contributed by atoms with van der Waals surface area (Å²) in [5, 5.41) is 0.716. The van der Waals surface area contributed by atoms with Crippen LogP contribution in [0.15, 0.2) is 16.9 Å². The van der Waals surface area contributed by atoms with Crippen LogP contribution in [-0.2, 0) is 17.6 Å². The van der Waals surface area contributed by atoms with E-state index in [0.717, 1.165) is 34.5 Å². The Morgan fingerprint density at radius 3 is 2.92 bits per heavy atom. The molecule has 0 bridgehead atoms. The molecule has 7 heteroatoms. The van der Waals surface area contributed by atoms with E-state index in [1.54, 1.807) is 24.3 Å². The van der Waals surface area contributed by atoms with Gasteiger partial charge < -0.3 is 9.72 Å². The smallest absolute Gasteiger partial charge is 0.349 e. The van der Waals surface area contributed by atoms with E-state index in [0.29, 0.717) is 22.0 Å². The van der Waals surface area contributed by atoms with Crippen molar-refractivity contribution < 1.29 is 9.53 Å². The molecule has 1 aliphatic rings. The van der Waals surface area contributed by atoms with Crippen molar-refractivity contribution in [1.29, 1.82) is 0 Å². The van der Waals surface area contributed by atoms with Crippen LogP contribution in [-0.4, -0.2) is 15.9 Å². The molecule has 0 amide bonds. The molecular formula is C19H20N2O3S2. The van der Waals surface area contributed by atoms with Gasteiger partial charge in [0.25, 0.3) is 5.56 Å². The molecule has 0 saturated heterocycles. The first-order valence-corrected chi connectivity index (χ1v) is 10.4. The Morgan fingerprint density at radius 1 is 1.38 bits per heavy atom. The fourth-order valence-corrected chi connectivity index (χ4v) is 5.52. The van der Waals surface area contributed by atoms with E-state index in [1.165, 1.54) is 16.2 Å². The minimum absolute atomic E-state index is 0.132. The highest BCUT2D eigenvalue weighted by Gasteiger charge is 2.24. The summed E-state index contributed by atoms with van der Waals surface area (Å²) in [6, 6.07) is 3.64. The molecule has 26 heavy (non-hydrogen) atoms. The van der Waals surface area contributed by atoms with Crippen LogP contribution in [0.25, 0.3) is 10.2 Å². The number of fused-ring (bicyclic) bond motifs is 3. The first kappa shape index (κ1) is 17.4. The molecule has 3 aromatic heterocycles. The van der Waals surface area contributed by atoms with Crippen LogP contribution >= 0.6 is 22.7 Å². The van der Waals surface area contributed by atoms with Gasteiger partial charge in [-0.2, -0.15) is 0 Å². The number of ether oxygens (including phenoxy) is 1. The average molecular weight is 389 g/mol. The second-order valence-corrected chi connectivity index (χ2v) is 9.31. The highest BCUT2D eigenvalue weighted by atomic mass is 32.1. The number of rotatable bonds is 3. The number of carbonyl (C=O) groups is 1. The second kappa shape index (κ2) is 6.63. The number of thiophene rings is 2. The van der Waals surface area contributed by atoms with Crippen LogP contribution in [0, 0.1) is 12.8 Å². The van der Waals surface area contributed by atoms with Gasteiger partial charge in [-0.3, -0.25) is 4.79 Å². The Balaban J connectivity index is 1.64. The van der Waals surface area contributed by atoms with Crippen molar-refractivity contribution in [2.75, 3.05) is 0 Å². The van der Waals surface area contributed by atoms with E-state index in [9.17, 15) is 9.59 Å². The van der Waals surface area contributed by atoms with Crippen LogP contribution in [0.1, 0.15) is 57.2 Å². The number of aryl methyl sites for hydroxylation is 2. The summed E-state index contributed by atoms with van der Waals surface area (Å²) in [5.41, 5.74) is 1.02. The fraction of sp³-hybridized carbons (Fsp3) is 0.421. The summed E-state index contributed by atoms with van der Waals surface area (Å²) in [5.74, 6) is 0.650. The number of nitrogens with one attached hydrogen (secondary N) is 1. The number of esters is 1. The zero-order chi connectivity index (χ0) is 18.4. The third-order valence-corrected chi connectivity index (χ3v) is 6.92. The molecule has 0 radical (unpaired) electrons. The first-order valence-electron chi connectivity index (χ1n) is 8.74. The zero-order valence-electron chi connectivity index (χ0n) is 14.9. The van der Waals surface area contributed by atoms with Crippen molar-refractivity contribution in [1.82, 2.24) is 9.97 Å². The molecule has 4 rings (SSSR count). The van der Waals surface area contributed by atoms with E-state index < -0.39 is 12.1 Å². The molecule has 2 atom stereocenters. The molecule has 0 fully saturated rings.